The van der Waals surface area contributed by atoms with E-state index in [-0.39, 0.29) is 42.5 Å². The summed E-state index contributed by atoms with van der Waals surface area (Å²) in [5, 5.41) is 10.8. The second-order valence-corrected chi connectivity index (χ2v) is 11.4. The number of ether oxygens (including phenoxy) is 2. The highest BCUT2D eigenvalue weighted by Gasteiger charge is 2.19. The molecule has 0 unspecified atom stereocenters. The number of phenolic OH excluding ortho intramolecular Hbond substituents is 1. The van der Waals surface area contributed by atoms with Crippen molar-refractivity contribution in [2.75, 3.05) is 7.11 Å². The molecule has 1 aromatic carbocycles. The summed E-state index contributed by atoms with van der Waals surface area (Å²) >= 11 is 0. The van der Waals surface area contributed by atoms with E-state index in [1.165, 1.54) is 32.8 Å². The second kappa shape index (κ2) is 23.1. The van der Waals surface area contributed by atoms with Crippen molar-refractivity contribution in [2.45, 2.75) is 124 Å². The highest BCUT2D eigenvalue weighted by Crippen LogP contribution is 2.35. The Hall–Kier alpha value is -3.41. The number of unbranched alkanes of at least 4 members (excludes halogenated alkanes) is 8. The Bertz CT molecular complexity index is 1120. The highest BCUT2D eigenvalue weighted by molar-refractivity contribution is 5.91. The first-order valence-electron chi connectivity index (χ1n) is 15.9. The molecule has 1 N–H and O–H groups in total. The van der Waals surface area contributed by atoms with Crippen LogP contribution >= 0.6 is 0 Å². The maximum atomic E-state index is 12.3. The molecule has 0 amide bonds. The van der Waals surface area contributed by atoms with Crippen LogP contribution in [0.25, 0.3) is 0 Å². The van der Waals surface area contributed by atoms with E-state index >= 15 is 0 Å². The predicted octanol–water partition coefficient (Wildman–Crippen LogP) is 9.48. The molecule has 0 heterocycles. The van der Waals surface area contributed by atoms with Crippen molar-refractivity contribution in [3.8, 4) is 11.5 Å². The number of rotatable bonds is 23. The molecule has 0 radical (unpaired) electrons. The van der Waals surface area contributed by atoms with Crippen molar-refractivity contribution in [1.82, 2.24) is 0 Å². The minimum atomic E-state index is -0.329. The van der Waals surface area contributed by atoms with Gasteiger partial charge < -0.3 is 14.6 Å². The van der Waals surface area contributed by atoms with Gasteiger partial charge >= 0.3 is 5.97 Å². The summed E-state index contributed by atoms with van der Waals surface area (Å²) in [7, 11) is 1.48. The molecule has 1 aromatic rings. The van der Waals surface area contributed by atoms with Crippen molar-refractivity contribution >= 4 is 18.0 Å². The van der Waals surface area contributed by atoms with Gasteiger partial charge in [-0.15, -0.1) is 0 Å². The number of carbonyl (C=O) groups excluding carboxylic acids is 3. The van der Waals surface area contributed by atoms with Gasteiger partial charge in [0, 0.05) is 24.0 Å². The van der Waals surface area contributed by atoms with Crippen LogP contribution in [-0.2, 0) is 27.4 Å². The number of phenols is 1. The van der Waals surface area contributed by atoms with Gasteiger partial charge in [-0.3, -0.25) is 14.4 Å². The molecular weight excluding hydrogens is 540 g/mol. The normalized spacial score (nSPS) is 11.7. The van der Waals surface area contributed by atoms with E-state index < -0.39 is 0 Å². The smallest absolute Gasteiger partial charge is 0.306 e. The molecule has 0 saturated heterocycles. The van der Waals surface area contributed by atoms with Gasteiger partial charge in [-0.1, -0.05) is 80.6 Å². The molecule has 0 aliphatic rings. The fraction of sp³-hybridized carbons (Fsp3) is 0.541. The average molecular weight is 595 g/mol. The van der Waals surface area contributed by atoms with Crippen LogP contribution < -0.4 is 4.74 Å². The minimum Gasteiger partial charge on any atom is -0.507 e. The first-order valence-corrected chi connectivity index (χ1v) is 15.9. The number of hydrogen-bond acceptors (Lipinski definition) is 6. The fourth-order valence-corrected chi connectivity index (χ4v) is 4.69. The average Bonchev–Trinajstić information content (AvgIpc) is 2.96. The van der Waals surface area contributed by atoms with Crippen molar-refractivity contribution in [3.63, 3.8) is 0 Å². The van der Waals surface area contributed by atoms with Crippen molar-refractivity contribution in [3.05, 3.63) is 70.4 Å². The number of aldehydes is 1. The lowest BCUT2D eigenvalue weighted by atomic mass is 9.98. The zero-order valence-corrected chi connectivity index (χ0v) is 27.2. The number of ketones is 1. The maximum Gasteiger partial charge on any atom is 0.306 e. The molecule has 0 bridgehead atoms. The molecule has 0 aliphatic heterocycles. The van der Waals surface area contributed by atoms with Gasteiger partial charge in [0.25, 0.3) is 0 Å². The Morgan fingerprint density at radius 1 is 0.907 bits per heavy atom. The lowest BCUT2D eigenvalue weighted by Gasteiger charge is -2.15. The molecule has 0 saturated carbocycles. The van der Waals surface area contributed by atoms with Gasteiger partial charge in [-0.2, -0.15) is 0 Å². The van der Waals surface area contributed by atoms with Crippen molar-refractivity contribution in [1.29, 1.82) is 0 Å². The molecule has 238 valence electrons. The lowest BCUT2D eigenvalue weighted by molar-refractivity contribution is -0.145. The van der Waals surface area contributed by atoms with Gasteiger partial charge in [0.1, 0.15) is 18.1 Å². The van der Waals surface area contributed by atoms with Crippen molar-refractivity contribution in [2.24, 2.45) is 0 Å². The maximum absolute atomic E-state index is 12.3. The number of hydrogen-bond donors (Lipinski definition) is 1. The van der Waals surface area contributed by atoms with E-state index in [2.05, 4.69) is 31.2 Å². The molecule has 0 aromatic heterocycles. The number of allylic oxidation sites excluding steroid dienone is 8. The first-order chi connectivity index (χ1) is 20.7. The van der Waals surface area contributed by atoms with Crippen LogP contribution in [0.4, 0.5) is 0 Å². The zero-order valence-electron chi connectivity index (χ0n) is 27.2. The summed E-state index contributed by atoms with van der Waals surface area (Å²) < 4.78 is 10.9. The van der Waals surface area contributed by atoms with Gasteiger partial charge in [-0.25, -0.2) is 0 Å². The Morgan fingerprint density at radius 2 is 1.56 bits per heavy atom. The van der Waals surface area contributed by atoms with E-state index in [1.807, 2.05) is 26.8 Å². The topological polar surface area (TPSA) is 89.9 Å². The third kappa shape index (κ3) is 16.7. The zero-order chi connectivity index (χ0) is 31.9. The Kier molecular flexibility index (Phi) is 20.2. The summed E-state index contributed by atoms with van der Waals surface area (Å²) in [4.78, 5) is 36.2. The summed E-state index contributed by atoms with van der Waals surface area (Å²) in [6.45, 7) is 7.70. The summed E-state index contributed by atoms with van der Waals surface area (Å²) in [6.07, 6.45) is 26.2. The van der Waals surface area contributed by atoms with Crippen LogP contribution in [0, 0.1) is 0 Å². The summed E-state index contributed by atoms with van der Waals surface area (Å²) in [5.41, 5.74) is 2.70. The van der Waals surface area contributed by atoms with Gasteiger partial charge in [0.05, 0.1) is 12.7 Å². The molecule has 0 spiro atoms. The molecular formula is C37H54O6. The fourth-order valence-electron chi connectivity index (χ4n) is 4.69. The molecule has 0 atom stereocenters. The highest BCUT2D eigenvalue weighted by atomic mass is 16.5. The minimum absolute atomic E-state index is 0.00972. The molecule has 6 nitrogen and oxygen atoms in total. The summed E-state index contributed by atoms with van der Waals surface area (Å²) in [6, 6.07) is 1.63. The van der Waals surface area contributed by atoms with E-state index in [1.54, 1.807) is 12.1 Å². The van der Waals surface area contributed by atoms with Crippen molar-refractivity contribution < 1.29 is 29.0 Å². The third-order valence-corrected chi connectivity index (χ3v) is 7.11. The number of methoxy groups -OCH3 is 1. The molecule has 0 aliphatic carbocycles. The van der Waals surface area contributed by atoms with Gasteiger partial charge in [0.2, 0.25) is 0 Å². The molecule has 6 heteroatoms. The Balaban J connectivity index is 2.46. The third-order valence-electron chi connectivity index (χ3n) is 7.11. The lowest BCUT2D eigenvalue weighted by Crippen LogP contribution is -2.07. The van der Waals surface area contributed by atoms with E-state index in [0.29, 0.717) is 29.6 Å². The standard InChI is InChI=1S/C37H54O6/c1-6-7-8-9-10-11-12-13-14-15-16-17-18-19-20-21-36(40)43-28-31-26-35(42-5)33(37(41)34(31)27-38)23-22-30(4)25-32(39)24-29(2)3/h10-11,13-14,22,24,26-27,41H,6-9,12,15-21,23,25,28H2,1-5H3. The molecule has 1 rings (SSSR count). The molecule has 43 heavy (non-hydrogen) atoms. The second-order valence-electron chi connectivity index (χ2n) is 11.4. The number of aromatic hydroxyl groups is 1. The first kappa shape index (κ1) is 37.6. The van der Waals surface area contributed by atoms with Crippen LogP contribution in [0.15, 0.2) is 53.7 Å². The van der Waals surface area contributed by atoms with Crippen LogP contribution in [0.2, 0.25) is 0 Å². The van der Waals surface area contributed by atoms with E-state index in [9.17, 15) is 19.5 Å². The number of carbonyl (C=O) groups is 3. The molecule has 0 fully saturated rings. The predicted molar refractivity (Wildman–Crippen MR) is 176 cm³/mol. The van der Waals surface area contributed by atoms with Crippen LogP contribution in [0.1, 0.15) is 133 Å². The van der Waals surface area contributed by atoms with Gasteiger partial charge in [-0.05, 0) is 77.9 Å². The van der Waals surface area contributed by atoms with Crippen LogP contribution in [-0.4, -0.2) is 30.3 Å². The Labute approximate surface area is 259 Å². The van der Waals surface area contributed by atoms with Gasteiger partial charge in [0.15, 0.2) is 12.1 Å². The summed E-state index contributed by atoms with van der Waals surface area (Å²) in [5.74, 6) is -0.128. The number of esters is 1. The quantitative estimate of drug-likeness (QED) is 0.0446. The van der Waals surface area contributed by atoms with E-state index in [0.717, 1.165) is 56.1 Å². The van der Waals surface area contributed by atoms with E-state index in [4.69, 9.17) is 9.47 Å². The van der Waals surface area contributed by atoms with Crippen LogP contribution in [0.5, 0.6) is 11.5 Å². The SMILES string of the molecule is CCCCCC=CCC=CCCCCCCCC(=O)OCc1cc(OC)c(CC=C(C)CC(=O)C=C(C)C)c(O)c1C=O. The number of benzene rings is 1. The van der Waals surface area contributed by atoms with Crippen LogP contribution in [0.3, 0.4) is 0 Å². The monoisotopic (exact) mass is 594 g/mol. The largest absolute Gasteiger partial charge is 0.507 e. The Morgan fingerprint density at radius 3 is 2.19 bits per heavy atom.